The Morgan fingerprint density at radius 2 is 1.33 bits per heavy atom. The molecule has 0 rings (SSSR count). The summed E-state index contributed by atoms with van der Waals surface area (Å²) in [5.41, 5.74) is 1.01. The van der Waals surface area contributed by atoms with E-state index >= 15 is 0 Å². The van der Waals surface area contributed by atoms with E-state index in [-0.39, 0.29) is 0 Å². The van der Waals surface area contributed by atoms with E-state index in [2.05, 4.69) is 27.7 Å². The summed E-state index contributed by atoms with van der Waals surface area (Å²) < 4.78 is 0. The molecular weight excluding hydrogens is 199 g/mol. The third kappa shape index (κ3) is 8.26. The molecule has 15 heavy (non-hydrogen) atoms. The molecule has 0 N–H and O–H groups in total. The largest absolute Gasteiger partial charge is 0.104 e. The van der Waals surface area contributed by atoms with Crippen molar-refractivity contribution < 1.29 is 0 Å². The lowest BCUT2D eigenvalue weighted by Crippen LogP contribution is -2.03. The second kappa shape index (κ2) is 10.9. The Labute approximate surface area is 99.0 Å². The molecule has 0 aliphatic heterocycles. The standard InChI is InChI=1S/C14H31P/c1-5-8-9-10-11-12-13-14(4)15(6-2)7-3/h14H,5-13H2,1-4H3. The van der Waals surface area contributed by atoms with Crippen LogP contribution in [-0.4, -0.2) is 18.0 Å². The summed E-state index contributed by atoms with van der Waals surface area (Å²) in [4.78, 5) is 0. The fourth-order valence-electron chi connectivity index (χ4n) is 2.25. The first-order chi connectivity index (χ1) is 7.26. The summed E-state index contributed by atoms with van der Waals surface area (Å²) >= 11 is 0. The van der Waals surface area contributed by atoms with E-state index < -0.39 is 0 Å². The quantitative estimate of drug-likeness (QED) is 0.336. The smallest absolute Gasteiger partial charge is 0.0238 e. The molecule has 0 radical (unpaired) electrons. The van der Waals surface area contributed by atoms with Crippen LogP contribution in [0.4, 0.5) is 0 Å². The van der Waals surface area contributed by atoms with Gasteiger partial charge in [0.15, 0.2) is 0 Å². The summed E-state index contributed by atoms with van der Waals surface area (Å²) in [6.07, 6.45) is 13.0. The van der Waals surface area contributed by atoms with Gasteiger partial charge >= 0.3 is 0 Å². The van der Waals surface area contributed by atoms with Gasteiger partial charge in [-0.05, 0) is 24.4 Å². The summed E-state index contributed by atoms with van der Waals surface area (Å²) in [5.74, 6) is 0. The van der Waals surface area contributed by atoms with Crippen molar-refractivity contribution >= 4 is 7.92 Å². The molecule has 0 saturated carbocycles. The predicted octanol–water partition coefficient (Wildman–Crippen LogP) is 5.65. The van der Waals surface area contributed by atoms with Gasteiger partial charge in [0.1, 0.15) is 0 Å². The number of unbranched alkanes of at least 4 members (excludes halogenated alkanes) is 5. The molecule has 92 valence electrons. The fourth-order valence-corrected chi connectivity index (χ4v) is 4.49. The van der Waals surface area contributed by atoms with Gasteiger partial charge in [-0.15, -0.1) is 7.92 Å². The Hall–Kier alpha value is 0.430. The lowest BCUT2D eigenvalue weighted by atomic mass is 10.1. The molecule has 0 heterocycles. The minimum Gasteiger partial charge on any atom is -0.104 e. The molecule has 1 atom stereocenters. The second-order valence-electron chi connectivity index (χ2n) is 4.63. The van der Waals surface area contributed by atoms with Crippen LogP contribution in [0.3, 0.4) is 0 Å². The number of hydrogen-bond acceptors (Lipinski definition) is 0. The first kappa shape index (κ1) is 15.4. The molecule has 0 aromatic heterocycles. The van der Waals surface area contributed by atoms with E-state index in [1.54, 1.807) is 0 Å². The highest BCUT2D eigenvalue weighted by Crippen LogP contribution is 2.42. The molecule has 0 aliphatic carbocycles. The van der Waals surface area contributed by atoms with Crippen LogP contribution in [0.1, 0.15) is 72.6 Å². The van der Waals surface area contributed by atoms with E-state index in [1.165, 1.54) is 57.3 Å². The van der Waals surface area contributed by atoms with Crippen LogP contribution in [0.2, 0.25) is 0 Å². The minimum atomic E-state index is 0.355. The van der Waals surface area contributed by atoms with Crippen LogP contribution in [0.5, 0.6) is 0 Å². The highest BCUT2D eigenvalue weighted by molar-refractivity contribution is 7.58. The first-order valence-corrected chi connectivity index (χ1v) is 8.78. The van der Waals surface area contributed by atoms with Crippen LogP contribution in [0.15, 0.2) is 0 Å². The molecular formula is C14H31P. The van der Waals surface area contributed by atoms with Gasteiger partial charge in [-0.25, -0.2) is 0 Å². The summed E-state index contributed by atoms with van der Waals surface area (Å²) in [7, 11) is 0.355. The van der Waals surface area contributed by atoms with Crippen molar-refractivity contribution in [1.82, 2.24) is 0 Å². The molecule has 0 aromatic carbocycles. The Morgan fingerprint density at radius 1 is 0.800 bits per heavy atom. The first-order valence-electron chi connectivity index (χ1n) is 7.00. The van der Waals surface area contributed by atoms with Crippen molar-refractivity contribution in [2.45, 2.75) is 78.3 Å². The molecule has 0 aromatic rings. The zero-order valence-electron chi connectivity index (χ0n) is 11.4. The molecule has 0 amide bonds. The van der Waals surface area contributed by atoms with Crippen molar-refractivity contribution in [3.05, 3.63) is 0 Å². The molecule has 1 heteroatoms. The topological polar surface area (TPSA) is 0 Å². The molecule has 0 saturated heterocycles. The minimum absolute atomic E-state index is 0.355. The zero-order valence-corrected chi connectivity index (χ0v) is 12.3. The van der Waals surface area contributed by atoms with E-state index in [9.17, 15) is 0 Å². The van der Waals surface area contributed by atoms with Crippen LogP contribution in [-0.2, 0) is 0 Å². The predicted molar refractivity (Wildman–Crippen MR) is 75.5 cm³/mol. The number of rotatable bonds is 10. The Kier molecular flexibility index (Phi) is 11.2. The van der Waals surface area contributed by atoms with Gasteiger partial charge in [0, 0.05) is 0 Å². The van der Waals surface area contributed by atoms with Gasteiger partial charge in [-0.1, -0.05) is 66.2 Å². The van der Waals surface area contributed by atoms with Crippen LogP contribution >= 0.6 is 7.92 Å². The summed E-state index contributed by atoms with van der Waals surface area (Å²) in [6.45, 7) is 9.50. The Morgan fingerprint density at radius 3 is 1.87 bits per heavy atom. The van der Waals surface area contributed by atoms with Crippen molar-refractivity contribution in [2.24, 2.45) is 0 Å². The Balaban J connectivity index is 3.33. The highest BCUT2D eigenvalue weighted by Gasteiger charge is 2.11. The van der Waals surface area contributed by atoms with Crippen LogP contribution < -0.4 is 0 Å². The fraction of sp³-hybridized carbons (Fsp3) is 1.00. The Bertz CT molecular complexity index is 119. The average Bonchev–Trinajstić information content (AvgIpc) is 2.25. The van der Waals surface area contributed by atoms with Crippen molar-refractivity contribution in [3.63, 3.8) is 0 Å². The maximum atomic E-state index is 2.48. The zero-order chi connectivity index (χ0) is 11.5. The van der Waals surface area contributed by atoms with Crippen molar-refractivity contribution in [1.29, 1.82) is 0 Å². The van der Waals surface area contributed by atoms with Crippen LogP contribution in [0, 0.1) is 0 Å². The maximum absolute atomic E-state index is 2.48. The number of hydrogen-bond donors (Lipinski definition) is 0. The summed E-state index contributed by atoms with van der Waals surface area (Å²) in [6, 6.07) is 0. The average molecular weight is 230 g/mol. The normalized spacial score (nSPS) is 13.4. The van der Waals surface area contributed by atoms with E-state index in [0.29, 0.717) is 7.92 Å². The summed E-state index contributed by atoms with van der Waals surface area (Å²) in [5, 5.41) is 0. The highest BCUT2D eigenvalue weighted by atomic mass is 31.1. The maximum Gasteiger partial charge on any atom is -0.0238 e. The van der Waals surface area contributed by atoms with E-state index in [1.807, 2.05) is 0 Å². The van der Waals surface area contributed by atoms with Gasteiger partial charge in [-0.2, -0.15) is 0 Å². The third-order valence-corrected chi connectivity index (χ3v) is 6.54. The van der Waals surface area contributed by atoms with Gasteiger partial charge in [0.05, 0.1) is 0 Å². The third-order valence-electron chi connectivity index (χ3n) is 3.41. The van der Waals surface area contributed by atoms with Crippen LogP contribution in [0.25, 0.3) is 0 Å². The van der Waals surface area contributed by atoms with Crippen molar-refractivity contribution in [3.8, 4) is 0 Å². The van der Waals surface area contributed by atoms with Gasteiger partial charge in [0.2, 0.25) is 0 Å². The molecule has 1 unspecified atom stereocenters. The molecule has 0 aliphatic rings. The van der Waals surface area contributed by atoms with Crippen molar-refractivity contribution in [2.75, 3.05) is 12.3 Å². The molecule has 0 nitrogen and oxygen atoms in total. The lowest BCUT2D eigenvalue weighted by molar-refractivity contribution is 0.587. The van der Waals surface area contributed by atoms with Gasteiger partial charge in [0.25, 0.3) is 0 Å². The molecule has 0 bridgehead atoms. The molecule has 0 spiro atoms. The monoisotopic (exact) mass is 230 g/mol. The second-order valence-corrected chi connectivity index (χ2v) is 7.95. The molecule has 0 fully saturated rings. The van der Waals surface area contributed by atoms with Gasteiger partial charge in [-0.3, -0.25) is 0 Å². The van der Waals surface area contributed by atoms with E-state index in [4.69, 9.17) is 0 Å². The van der Waals surface area contributed by atoms with Gasteiger partial charge < -0.3 is 0 Å². The lowest BCUT2D eigenvalue weighted by Gasteiger charge is -2.21. The van der Waals surface area contributed by atoms with E-state index in [0.717, 1.165) is 5.66 Å². The SMILES string of the molecule is CCCCCCCCC(C)P(CC)CC.